The molecule has 0 amide bonds. The number of thiazole rings is 1. The van der Waals surface area contributed by atoms with Crippen LogP contribution in [0.3, 0.4) is 0 Å². The van der Waals surface area contributed by atoms with Gasteiger partial charge in [-0.2, -0.15) is 0 Å². The van der Waals surface area contributed by atoms with Crippen molar-refractivity contribution < 1.29 is 9.47 Å². The summed E-state index contributed by atoms with van der Waals surface area (Å²) < 4.78 is 10.2. The molecule has 0 fully saturated rings. The molecule has 0 aliphatic rings. The van der Waals surface area contributed by atoms with Crippen LogP contribution in [0.1, 0.15) is 10.6 Å². The highest BCUT2D eigenvalue weighted by molar-refractivity contribution is 7.15. The number of anilines is 1. The van der Waals surface area contributed by atoms with Gasteiger partial charge in [0.15, 0.2) is 5.13 Å². The number of nitrogens with one attached hydrogen (secondary N) is 1. The molecule has 5 heteroatoms. The van der Waals surface area contributed by atoms with Crippen LogP contribution in [0.15, 0.2) is 0 Å². The van der Waals surface area contributed by atoms with Gasteiger partial charge in [0.25, 0.3) is 0 Å². The molecule has 1 heterocycles. The lowest BCUT2D eigenvalue weighted by Gasteiger charge is -2.03. The minimum Gasteiger partial charge on any atom is -0.382 e. The van der Waals surface area contributed by atoms with Gasteiger partial charge in [-0.25, -0.2) is 4.98 Å². The first-order chi connectivity index (χ1) is 7.24. The number of methoxy groups -OCH3 is 1. The Labute approximate surface area is 94.6 Å². The predicted octanol–water partition coefficient (Wildman–Crippen LogP) is 1.83. The number of aryl methyl sites for hydroxylation is 2. The molecule has 0 atom stereocenters. The van der Waals surface area contributed by atoms with E-state index < -0.39 is 0 Å². The Balaban J connectivity index is 2.10. The summed E-state index contributed by atoms with van der Waals surface area (Å²) >= 11 is 1.68. The fourth-order valence-corrected chi connectivity index (χ4v) is 1.86. The Morgan fingerprint density at radius 3 is 2.67 bits per heavy atom. The van der Waals surface area contributed by atoms with Gasteiger partial charge in [0.2, 0.25) is 0 Å². The highest BCUT2D eigenvalue weighted by Crippen LogP contribution is 2.20. The number of rotatable bonds is 7. The summed E-state index contributed by atoms with van der Waals surface area (Å²) in [6, 6.07) is 0. The van der Waals surface area contributed by atoms with Gasteiger partial charge in [0.05, 0.1) is 25.5 Å². The van der Waals surface area contributed by atoms with Crippen LogP contribution in [0, 0.1) is 13.8 Å². The van der Waals surface area contributed by atoms with Gasteiger partial charge < -0.3 is 14.8 Å². The summed E-state index contributed by atoms with van der Waals surface area (Å²) in [5.41, 5.74) is 1.10. The molecular formula is C10H18N2O2S. The Kier molecular flexibility index (Phi) is 5.60. The number of hydrogen-bond donors (Lipinski definition) is 1. The van der Waals surface area contributed by atoms with E-state index >= 15 is 0 Å². The topological polar surface area (TPSA) is 43.4 Å². The standard InChI is InChI=1S/C10H18N2O2S/c1-8-9(2)15-10(12-8)11-4-5-14-7-6-13-3/h4-7H2,1-3H3,(H,11,12). The quantitative estimate of drug-likeness (QED) is 0.726. The van der Waals surface area contributed by atoms with Crippen molar-refractivity contribution in [3.05, 3.63) is 10.6 Å². The second-order valence-corrected chi connectivity index (χ2v) is 4.40. The van der Waals surface area contributed by atoms with Gasteiger partial charge in [0, 0.05) is 18.5 Å². The van der Waals surface area contributed by atoms with Crippen LogP contribution in [0.4, 0.5) is 5.13 Å². The minimum atomic E-state index is 0.647. The summed E-state index contributed by atoms with van der Waals surface area (Å²) in [5, 5.41) is 4.20. The molecule has 4 nitrogen and oxygen atoms in total. The molecule has 0 aliphatic carbocycles. The van der Waals surface area contributed by atoms with Crippen molar-refractivity contribution in [1.82, 2.24) is 4.98 Å². The van der Waals surface area contributed by atoms with E-state index in [9.17, 15) is 0 Å². The first-order valence-corrected chi connectivity index (χ1v) is 5.80. The first kappa shape index (κ1) is 12.4. The minimum absolute atomic E-state index is 0.647. The molecule has 1 aromatic heterocycles. The van der Waals surface area contributed by atoms with Gasteiger partial charge in [-0.15, -0.1) is 11.3 Å². The Morgan fingerprint density at radius 1 is 1.27 bits per heavy atom. The third-order valence-corrected chi connectivity index (χ3v) is 3.01. The second kappa shape index (κ2) is 6.76. The Hall–Kier alpha value is -0.650. The van der Waals surface area contributed by atoms with Crippen molar-refractivity contribution in [2.24, 2.45) is 0 Å². The van der Waals surface area contributed by atoms with E-state index in [4.69, 9.17) is 9.47 Å². The third-order valence-electron chi connectivity index (χ3n) is 1.98. The largest absolute Gasteiger partial charge is 0.382 e. The number of nitrogens with zero attached hydrogens (tertiary/aromatic N) is 1. The zero-order valence-electron chi connectivity index (χ0n) is 9.50. The first-order valence-electron chi connectivity index (χ1n) is 4.98. The van der Waals surface area contributed by atoms with Crippen LogP contribution in [-0.2, 0) is 9.47 Å². The maximum atomic E-state index is 5.32. The SMILES string of the molecule is COCCOCCNc1nc(C)c(C)s1. The van der Waals surface area contributed by atoms with E-state index in [2.05, 4.69) is 17.2 Å². The van der Waals surface area contributed by atoms with Gasteiger partial charge in [-0.3, -0.25) is 0 Å². The van der Waals surface area contributed by atoms with Crippen molar-refractivity contribution in [3.8, 4) is 0 Å². The molecule has 86 valence electrons. The average molecular weight is 230 g/mol. The number of aromatic nitrogens is 1. The molecule has 0 aliphatic heterocycles. The lowest BCUT2D eigenvalue weighted by atomic mass is 10.4. The maximum absolute atomic E-state index is 5.32. The van der Waals surface area contributed by atoms with Crippen molar-refractivity contribution in [1.29, 1.82) is 0 Å². The molecule has 15 heavy (non-hydrogen) atoms. The Bertz CT molecular complexity index is 269. The molecule has 0 spiro atoms. The predicted molar refractivity (Wildman–Crippen MR) is 62.8 cm³/mol. The monoisotopic (exact) mass is 230 g/mol. The van der Waals surface area contributed by atoms with E-state index in [0.717, 1.165) is 17.4 Å². The fourth-order valence-electron chi connectivity index (χ4n) is 1.02. The lowest BCUT2D eigenvalue weighted by Crippen LogP contribution is -2.11. The van der Waals surface area contributed by atoms with Crippen LogP contribution < -0.4 is 5.32 Å². The van der Waals surface area contributed by atoms with Gasteiger partial charge >= 0.3 is 0 Å². The van der Waals surface area contributed by atoms with Crippen LogP contribution in [-0.4, -0.2) is 38.5 Å². The lowest BCUT2D eigenvalue weighted by molar-refractivity contribution is 0.0759. The highest BCUT2D eigenvalue weighted by atomic mass is 32.1. The average Bonchev–Trinajstić information content (AvgIpc) is 2.52. The molecule has 1 aromatic rings. The number of hydrogen-bond acceptors (Lipinski definition) is 5. The molecule has 0 aromatic carbocycles. The second-order valence-electron chi connectivity index (χ2n) is 3.19. The highest BCUT2D eigenvalue weighted by Gasteiger charge is 2.01. The van der Waals surface area contributed by atoms with E-state index in [-0.39, 0.29) is 0 Å². The summed E-state index contributed by atoms with van der Waals surface area (Å²) in [5.74, 6) is 0. The van der Waals surface area contributed by atoms with E-state index in [1.54, 1.807) is 18.4 Å². The van der Waals surface area contributed by atoms with Crippen LogP contribution in [0.5, 0.6) is 0 Å². The van der Waals surface area contributed by atoms with Crippen LogP contribution in [0.2, 0.25) is 0 Å². The van der Waals surface area contributed by atoms with Crippen molar-refractivity contribution in [2.75, 3.05) is 38.8 Å². The van der Waals surface area contributed by atoms with E-state index in [1.165, 1.54) is 4.88 Å². The molecule has 0 saturated carbocycles. The van der Waals surface area contributed by atoms with Gasteiger partial charge in [-0.05, 0) is 13.8 Å². The van der Waals surface area contributed by atoms with Gasteiger partial charge in [0.1, 0.15) is 0 Å². The zero-order chi connectivity index (χ0) is 11.1. The Morgan fingerprint density at radius 2 is 2.07 bits per heavy atom. The summed E-state index contributed by atoms with van der Waals surface area (Å²) in [4.78, 5) is 5.63. The fraction of sp³-hybridized carbons (Fsp3) is 0.700. The van der Waals surface area contributed by atoms with Crippen LogP contribution >= 0.6 is 11.3 Å². The van der Waals surface area contributed by atoms with E-state index in [1.807, 2.05) is 6.92 Å². The van der Waals surface area contributed by atoms with Crippen molar-refractivity contribution in [2.45, 2.75) is 13.8 Å². The molecule has 0 unspecified atom stereocenters. The molecule has 0 radical (unpaired) electrons. The van der Waals surface area contributed by atoms with Crippen molar-refractivity contribution >= 4 is 16.5 Å². The number of ether oxygens (including phenoxy) is 2. The molecule has 1 N–H and O–H groups in total. The summed E-state index contributed by atoms with van der Waals surface area (Å²) in [6.07, 6.45) is 0. The summed E-state index contributed by atoms with van der Waals surface area (Å²) in [7, 11) is 1.67. The normalized spacial score (nSPS) is 10.6. The molecular weight excluding hydrogens is 212 g/mol. The van der Waals surface area contributed by atoms with Crippen LogP contribution in [0.25, 0.3) is 0 Å². The molecule has 0 bridgehead atoms. The summed E-state index contributed by atoms with van der Waals surface area (Å²) in [6.45, 7) is 6.86. The van der Waals surface area contributed by atoms with Gasteiger partial charge in [-0.1, -0.05) is 0 Å². The third kappa shape index (κ3) is 4.59. The zero-order valence-corrected chi connectivity index (χ0v) is 10.3. The molecule has 0 saturated heterocycles. The van der Waals surface area contributed by atoms with Crippen molar-refractivity contribution in [3.63, 3.8) is 0 Å². The maximum Gasteiger partial charge on any atom is 0.183 e. The van der Waals surface area contributed by atoms with E-state index in [0.29, 0.717) is 19.8 Å². The molecule has 1 rings (SSSR count). The smallest absolute Gasteiger partial charge is 0.183 e.